The second-order valence-electron chi connectivity index (χ2n) is 6.40. The van der Waals surface area contributed by atoms with Crippen molar-refractivity contribution in [1.29, 1.82) is 0 Å². The maximum Gasteiger partial charge on any atom is 0.375 e. The van der Waals surface area contributed by atoms with Crippen molar-refractivity contribution in [2.24, 2.45) is 0 Å². The Hall–Kier alpha value is -0.500. The van der Waals surface area contributed by atoms with E-state index in [1.807, 2.05) is 0 Å². The first-order chi connectivity index (χ1) is 14.1. The Labute approximate surface area is 191 Å². The van der Waals surface area contributed by atoms with Gasteiger partial charge in [0, 0.05) is 6.42 Å². The minimum absolute atomic E-state index is 0.218. The molecule has 0 bridgehead atoms. The minimum Gasteiger partial charge on any atom is -0.382 e. The van der Waals surface area contributed by atoms with Gasteiger partial charge in [-0.05, 0) is 31.9 Å². The molecule has 172 valence electrons. The van der Waals surface area contributed by atoms with Crippen LogP contribution in [0.25, 0.3) is 11.2 Å². The maximum absolute atomic E-state index is 12.2. The molecular weight excluding hydrogens is 611 g/mol. The van der Waals surface area contributed by atoms with Gasteiger partial charge in [-0.25, -0.2) is 19.3 Å². The molecule has 31 heavy (non-hydrogen) atoms. The molecule has 19 heteroatoms. The van der Waals surface area contributed by atoms with Crippen molar-refractivity contribution in [1.82, 2.24) is 19.5 Å². The van der Waals surface area contributed by atoms with Crippen LogP contribution in [0.3, 0.4) is 0 Å². The van der Waals surface area contributed by atoms with E-state index in [0.717, 1.165) is 0 Å². The number of imidazole rings is 1. The Morgan fingerprint density at radius 2 is 1.84 bits per heavy atom. The highest BCUT2D eigenvalue weighted by molar-refractivity contribution is 9.29. The molecule has 0 aliphatic heterocycles. The summed E-state index contributed by atoms with van der Waals surface area (Å²) in [5.41, 5.74) is 6.67. The predicted octanol–water partition coefficient (Wildman–Crippen LogP) is 2.22. The zero-order valence-corrected chi connectivity index (χ0v) is 21.0. The van der Waals surface area contributed by atoms with Crippen LogP contribution in [0.4, 0.5) is 5.82 Å². The molecule has 2 unspecified atom stereocenters. The number of anilines is 1. The standard InChI is InChI=1S/C12H16Br2N5O9P3/c13-12(14,30(22,23)24)31(25,26)28-29(20,21)6-27-8-2-1-7(3-8)19-5-18-9-10(15)16-4-17-11(9)19/h1-2,4-5,7-8H,3,6H2,(H,20,21)(H,25,26)(H2,15,16,17)(H2,22,23,24)/t7-,8+/m1/s1. The number of rotatable bonds is 8. The van der Waals surface area contributed by atoms with Crippen molar-refractivity contribution in [2.75, 3.05) is 12.1 Å². The summed E-state index contributed by atoms with van der Waals surface area (Å²) in [7, 11) is -15.5. The van der Waals surface area contributed by atoms with E-state index in [9.17, 15) is 23.5 Å². The second kappa shape index (κ2) is 8.69. The Bertz CT molecular complexity index is 1170. The molecule has 2 aromatic rings. The van der Waals surface area contributed by atoms with Crippen molar-refractivity contribution >= 4 is 71.6 Å². The van der Waals surface area contributed by atoms with Crippen LogP contribution in [0, 0.1) is 0 Å². The van der Waals surface area contributed by atoms with Crippen molar-refractivity contribution in [2.45, 2.75) is 21.3 Å². The van der Waals surface area contributed by atoms with E-state index in [1.165, 1.54) is 12.7 Å². The number of nitrogens with zero attached hydrogens (tertiary/aromatic N) is 4. The first-order valence-electron chi connectivity index (χ1n) is 8.17. The highest BCUT2D eigenvalue weighted by Gasteiger charge is 2.60. The zero-order valence-electron chi connectivity index (χ0n) is 15.2. The third-order valence-corrected chi connectivity index (χ3v) is 14.9. The summed E-state index contributed by atoms with van der Waals surface area (Å²) < 4.78 is 44.1. The van der Waals surface area contributed by atoms with Crippen molar-refractivity contribution in [3.05, 3.63) is 24.8 Å². The van der Waals surface area contributed by atoms with Gasteiger partial charge in [0.05, 0.1) is 18.5 Å². The summed E-state index contributed by atoms with van der Waals surface area (Å²) in [5, 5.41) is 0. The van der Waals surface area contributed by atoms with E-state index < -0.39 is 38.0 Å². The van der Waals surface area contributed by atoms with Crippen LogP contribution in [0.5, 0.6) is 0 Å². The van der Waals surface area contributed by atoms with Crippen molar-refractivity contribution < 1.29 is 42.3 Å². The third kappa shape index (κ3) is 5.20. The summed E-state index contributed by atoms with van der Waals surface area (Å²) in [6.07, 6.45) is 4.81. The Morgan fingerprint density at radius 1 is 1.16 bits per heavy atom. The smallest absolute Gasteiger partial charge is 0.375 e. The lowest BCUT2D eigenvalue weighted by Gasteiger charge is -2.27. The summed E-state index contributed by atoms with van der Waals surface area (Å²) >= 11 is 4.70. The largest absolute Gasteiger partial charge is 0.382 e. The van der Waals surface area contributed by atoms with Crippen LogP contribution >= 0.6 is 54.6 Å². The molecule has 0 aromatic carbocycles. The lowest BCUT2D eigenvalue weighted by atomic mass is 10.2. The molecule has 0 saturated heterocycles. The molecule has 6 N–H and O–H groups in total. The summed E-state index contributed by atoms with van der Waals surface area (Å²) in [4.78, 5) is 50.2. The first-order valence-corrected chi connectivity index (χ1v) is 14.7. The predicted molar refractivity (Wildman–Crippen MR) is 116 cm³/mol. The van der Waals surface area contributed by atoms with Gasteiger partial charge in [0.15, 0.2) is 11.5 Å². The molecule has 2 aromatic heterocycles. The molecule has 0 saturated carbocycles. The monoisotopic (exact) mass is 625 g/mol. The van der Waals surface area contributed by atoms with Crippen molar-refractivity contribution in [3.63, 3.8) is 0 Å². The number of allylic oxidation sites excluding steroid dienone is 1. The molecule has 1 aliphatic carbocycles. The van der Waals surface area contributed by atoms with Crippen LogP contribution in [0.2, 0.25) is 0 Å². The molecule has 0 spiro atoms. The summed E-state index contributed by atoms with van der Waals surface area (Å²) in [6.45, 7) is 0. The van der Waals surface area contributed by atoms with Crippen LogP contribution in [0.1, 0.15) is 12.5 Å². The normalized spacial score (nSPS) is 23.7. The summed E-state index contributed by atoms with van der Waals surface area (Å²) in [5.74, 6) is 0.218. The van der Waals surface area contributed by atoms with Gasteiger partial charge in [-0.3, -0.25) is 13.7 Å². The second-order valence-corrected chi connectivity index (χ2v) is 18.3. The number of alkyl halides is 2. The van der Waals surface area contributed by atoms with Gasteiger partial charge in [0.2, 0.25) is 0 Å². The lowest BCUT2D eigenvalue weighted by molar-refractivity contribution is 0.103. The third-order valence-electron chi connectivity index (χ3n) is 4.15. The fourth-order valence-corrected chi connectivity index (χ4v) is 7.85. The molecule has 2 heterocycles. The average Bonchev–Trinajstić information content (AvgIpc) is 3.25. The number of aromatic nitrogens is 4. The van der Waals surface area contributed by atoms with Gasteiger partial charge < -0.3 is 34.6 Å². The zero-order chi connectivity index (χ0) is 23.2. The Morgan fingerprint density at radius 3 is 2.48 bits per heavy atom. The SMILES string of the molecule is Nc1ncnc2c1ncn2[C@@H]1C=C[C@H](OCP(=O)(O)OP(=O)(O)C(Br)(Br)P(=O)(O)O)C1. The molecule has 14 nitrogen and oxygen atoms in total. The molecule has 3 rings (SSSR count). The van der Waals surface area contributed by atoms with E-state index >= 15 is 0 Å². The van der Waals surface area contributed by atoms with Gasteiger partial charge in [-0.2, -0.15) is 0 Å². The van der Waals surface area contributed by atoms with Crippen LogP contribution in [-0.4, -0.2) is 54.3 Å². The molecule has 4 atom stereocenters. The number of ether oxygens (including phenoxy) is 1. The number of nitrogen functional groups attached to an aromatic ring is 1. The van der Waals surface area contributed by atoms with Gasteiger partial charge in [-0.1, -0.05) is 12.2 Å². The Balaban J connectivity index is 1.64. The number of halogens is 2. The summed E-state index contributed by atoms with van der Waals surface area (Å²) in [6, 6.07) is -0.264. The van der Waals surface area contributed by atoms with E-state index in [0.29, 0.717) is 17.6 Å². The fraction of sp³-hybridized carbons (Fsp3) is 0.417. The van der Waals surface area contributed by atoms with Gasteiger partial charge >= 0.3 is 22.8 Å². The number of hydrogen-bond acceptors (Lipinski definition) is 9. The van der Waals surface area contributed by atoms with Crippen LogP contribution in [0.15, 0.2) is 24.8 Å². The number of hydrogen-bond donors (Lipinski definition) is 5. The molecular formula is C12H16Br2N5O9P3. The van der Waals surface area contributed by atoms with Gasteiger partial charge in [0.1, 0.15) is 18.2 Å². The van der Waals surface area contributed by atoms with E-state index in [2.05, 4.69) is 51.1 Å². The van der Waals surface area contributed by atoms with E-state index in [4.69, 9.17) is 20.3 Å². The van der Waals surface area contributed by atoms with Crippen LogP contribution < -0.4 is 5.73 Å². The van der Waals surface area contributed by atoms with Crippen LogP contribution in [-0.2, 0) is 22.7 Å². The highest BCUT2D eigenvalue weighted by Crippen LogP contribution is 2.81. The Kier molecular flexibility index (Phi) is 7.05. The molecule has 0 fully saturated rings. The quantitative estimate of drug-likeness (QED) is 0.161. The molecule has 0 amide bonds. The van der Waals surface area contributed by atoms with Crippen molar-refractivity contribution in [3.8, 4) is 0 Å². The van der Waals surface area contributed by atoms with E-state index in [1.54, 1.807) is 16.7 Å². The average molecular weight is 627 g/mol. The fourth-order valence-electron chi connectivity index (χ4n) is 2.69. The minimum atomic E-state index is -5.36. The molecule has 0 radical (unpaired) electrons. The highest BCUT2D eigenvalue weighted by atomic mass is 79.9. The topological polar surface area (TPSA) is 220 Å². The van der Waals surface area contributed by atoms with E-state index in [-0.39, 0.29) is 11.9 Å². The number of fused-ring (bicyclic) bond motifs is 1. The van der Waals surface area contributed by atoms with Gasteiger partial charge in [0.25, 0.3) is 2.72 Å². The maximum atomic E-state index is 12.2. The number of nitrogens with two attached hydrogens (primary N) is 1. The molecule has 1 aliphatic rings. The lowest BCUT2D eigenvalue weighted by Crippen LogP contribution is -2.16. The first kappa shape index (κ1) is 25.1. The van der Waals surface area contributed by atoms with Gasteiger partial charge in [-0.15, -0.1) is 0 Å².